The second-order valence-electron chi connectivity index (χ2n) is 5.63. The molecule has 0 aliphatic carbocycles. The number of benzene rings is 1. The molecule has 0 radical (unpaired) electrons. The van der Waals surface area contributed by atoms with Crippen molar-refractivity contribution in [2.45, 2.75) is 17.7 Å². The number of carbonyl (C=O) groups is 1. The van der Waals surface area contributed by atoms with Crippen LogP contribution in [0.2, 0.25) is 0 Å². The predicted octanol–water partition coefficient (Wildman–Crippen LogP) is 0.631. The number of halogens is 2. The first-order chi connectivity index (χ1) is 11.8. The summed E-state index contributed by atoms with van der Waals surface area (Å²) in [5.74, 6) is -2.12. The fourth-order valence-electron chi connectivity index (χ4n) is 2.73. The Hall–Kier alpha value is -1.82. The van der Waals surface area contributed by atoms with E-state index in [0.29, 0.717) is 12.8 Å². The molecule has 3 N–H and O–H groups in total. The van der Waals surface area contributed by atoms with E-state index in [1.165, 1.54) is 0 Å². The average Bonchev–Trinajstić information content (AvgIpc) is 2.59. The van der Waals surface area contributed by atoms with Crippen LogP contribution in [0, 0.1) is 21.8 Å². The molecule has 1 aliphatic heterocycles. The molecule has 9 nitrogen and oxygen atoms in total. The summed E-state index contributed by atoms with van der Waals surface area (Å²) in [5, 5.41) is 13.7. The maximum atomic E-state index is 13.7. The number of hydrogen-bond acceptors (Lipinski definition) is 6. The fourth-order valence-corrected chi connectivity index (χ4v) is 4.43. The Bertz CT molecular complexity index is 777. The summed E-state index contributed by atoms with van der Waals surface area (Å²) in [6.07, 6.45) is 0.913. The Labute approximate surface area is 156 Å². The minimum atomic E-state index is -4.30. The normalized spacial score (nSPS) is 18.0. The van der Waals surface area contributed by atoms with E-state index in [-0.39, 0.29) is 44.5 Å². The molecule has 1 amide bonds. The summed E-state index contributed by atoms with van der Waals surface area (Å²) in [6, 6.07) is 2.93. The minimum Gasteiger partial charge on any atom is -0.355 e. The Morgan fingerprint density at radius 2 is 2.15 bits per heavy atom. The monoisotopic (exact) mass is 410 g/mol. The molecule has 1 unspecified atom stereocenters. The smallest absolute Gasteiger partial charge is 0.324 e. The average molecular weight is 411 g/mol. The van der Waals surface area contributed by atoms with Crippen LogP contribution in [-0.4, -0.2) is 49.7 Å². The molecule has 0 aromatic heterocycles. The number of hydrogen-bond donors (Lipinski definition) is 2. The zero-order valence-electron chi connectivity index (χ0n) is 13.8. The summed E-state index contributed by atoms with van der Waals surface area (Å²) in [6.45, 7) is 0.524. The summed E-state index contributed by atoms with van der Waals surface area (Å²) in [7, 11) is -4.30. The Kier molecular flexibility index (Phi) is 7.87. The SMILES string of the molecule is Cl.NCCNC(=O)C1CCCN(S(=O)(=O)c2cccc(F)c2[N+](=O)[O-])C1. The topological polar surface area (TPSA) is 136 Å². The van der Waals surface area contributed by atoms with Crippen LogP contribution >= 0.6 is 12.4 Å². The van der Waals surface area contributed by atoms with E-state index >= 15 is 0 Å². The van der Waals surface area contributed by atoms with E-state index in [0.717, 1.165) is 22.5 Å². The van der Waals surface area contributed by atoms with Gasteiger partial charge in [0.2, 0.25) is 21.7 Å². The van der Waals surface area contributed by atoms with Gasteiger partial charge in [-0.25, -0.2) is 8.42 Å². The first-order valence-corrected chi connectivity index (χ1v) is 9.14. The van der Waals surface area contributed by atoms with Crippen LogP contribution in [0.15, 0.2) is 23.1 Å². The molecule has 1 heterocycles. The molecule has 26 heavy (non-hydrogen) atoms. The third-order valence-electron chi connectivity index (χ3n) is 3.95. The van der Waals surface area contributed by atoms with Gasteiger partial charge in [0.25, 0.3) is 0 Å². The third kappa shape index (κ3) is 4.67. The van der Waals surface area contributed by atoms with Gasteiger partial charge in [0.05, 0.1) is 10.8 Å². The summed E-state index contributed by atoms with van der Waals surface area (Å²) >= 11 is 0. The Morgan fingerprint density at radius 1 is 1.46 bits per heavy atom. The highest BCUT2D eigenvalue weighted by molar-refractivity contribution is 7.89. The summed E-state index contributed by atoms with van der Waals surface area (Å²) < 4.78 is 40.2. The predicted molar refractivity (Wildman–Crippen MR) is 93.8 cm³/mol. The van der Waals surface area contributed by atoms with Gasteiger partial charge in [-0.3, -0.25) is 14.9 Å². The van der Waals surface area contributed by atoms with Crippen LogP contribution in [0.1, 0.15) is 12.8 Å². The van der Waals surface area contributed by atoms with E-state index in [1.54, 1.807) is 0 Å². The lowest BCUT2D eigenvalue weighted by molar-refractivity contribution is -0.390. The Balaban J connectivity index is 0.00000338. The van der Waals surface area contributed by atoms with Crippen LogP contribution in [0.4, 0.5) is 10.1 Å². The van der Waals surface area contributed by atoms with Crippen molar-refractivity contribution < 1.29 is 22.5 Å². The Morgan fingerprint density at radius 3 is 2.77 bits per heavy atom. The molecule has 1 atom stereocenters. The van der Waals surface area contributed by atoms with E-state index in [2.05, 4.69) is 5.32 Å². The van der Waals surface area contributed by atoms with Gasteiger partial charge >= 0.3 is 5.69 Å². The lowest BCUT2D eigenvalue weighted by Gasteiger charge is -2.31. The molecule has 146 valence electrons. The van der Waals surface area contributed by atoms with Gasteiger partial charge in [-0.2, -0.15) is 8.70 Å². The van der Waals surface area contributed by atoms with Crippen molar-refractivity contribution in [1.29, 1.82) is 0 Å². The van der Waals surface area contributed by atoms with Gasteiger partial charge < -0.3 is 11.1 Å². The van der Waals surface area contributed by atoms with E-state index < -0.39 is 37.3 Å². The zero-order valence-corrected chi connectivity index (χ0v) is 15.4. The molecule has 1 fully saturated rings. The number of nitro groups is 1. The minimum absolute atomic E-state index is 0. The first kappa shape index (κ1) is 22.2. The van der Waals surface area contributed by atoms with Crippen molar-refractivity contribution in [3.8, 4) is 0 Å². The fraction of sp³-hybridized carbons (Fsp3) is 0.500. The van der Waals surface area contributed by atoms with Crippen LogP contribution in [0.25, 0.3) is 0 Å². The molecule has 0 saturated carbocycles. The van der Waals surface area contributed by atoms with Crippen molar-refractivity contribution in [1.82, 2.24) is 9.62 Å². The zero-order chi connectivity index (χ0) is 18.6. The molecule has 0 bridgehead atoms. The molecule has 1 aromatic carbocycles. The number of sulfonamides is 1. The number of para-hydroxylation sites is 1. The second-order valence-corrected chi connectivity index (χ2v) is 7.53. The van der Waals surface area contributed by atoms with Crippen molar-refractivity contribution in [2.75, 3.05) is 26.2 Å². The number of nitro benzene ring substituents is 1. The first-order valence-electron chi connectivity index (χ1n) is 7.70. The van der Waals surface area contributed by atoms with Crippen molar-refractivity contribution in [3.05, 3.63) is 34.1 Å². The number of carbonyl (C=O) groups excluding carboxylic acids is 1. The van der Waals surface area contributed by atoms with E-state index in [1.807, 2.05) is 0 Å². The molecule has 1 aromatic rings. The highest BCUT2D eigenvalue weighted by Crippen LogP contribution is 2.31. The molecule has 2 rings (SSSR count). The van der Waals surface area contributed by atoms with Crippen molar-refractivity contribution in [2.24, 2.45) is 11.7 Å². The molecule has 12 heteroatoms. The highest BCUT2D eigenvalue weighted by atomic mass is 35.5. The highest BCUT2D eigenvalue weighted by Gasteiger charge is 2.37. The van der Waals surface area contributed by atoms with E-state index in [4.69, 9.17) is 5.73 Å². The lowest BCUT2D eigenvalue weighted by atomic mass is 9.99. The van der Waals surface area contributed by atoms with Crippen LogP contribution in [0.5, 0.6) is 0 Å². The van der Waals surface area contributed by atoms with Crippen LogP contribution in [-0.2, 0) is 14.8 Å². The number of nitrogens with two attached hydrogens (primary N) is 1. The standard InChI is InChI=1S/C14H19FN4O5S.ClH/c15-11-4-1-5-12(13(11)19(21)22)25(23,24)18-8-2-3-10(9-18)14(20)17-7-6-16;/h1,4-5,10H,2-3,6-9,16H2,(H,17,20);1H. The molecule has 0 spiro atoms. The number of nitrogens with one attached hydrogen (secondary N) is 1. The number of rotatable bonds is 6. The number of piperidine rings is 1. The molecule has 1 aliphatic rings. The molecular weight excluding hydrogens is 391 g/mol. The van der Waals surface area contributed by atoms with Gasteiger partial charge in [-0.05, 0) is 25.0 Å². The maximum absolute atomic E-state index is 13.7. The lowest BCUT2D eigenvalue weighted by Crippen LogP contribution is -2.46. The number of amides is 1. The maximum Gasteiger partial charge on any atom is 0.324 e. The van der Waals surface area contributed by atoms with Gasteiger partial charge in [0.1, 0.15) is 0 Å². The summed E-state index contributed by atoms with van der Waals surface area (Å²) in [4.78, 5) is 21.3. The largest absolute Gasteiger partial charge is 0.355 e. The van der Waals surface area contributed by atoms with Gasteiger partial charge in [0, 0.05) is 26.2 Å². The van der Waals surface area contributed by atoms with Crippen LogP contribution < -0.4 is 11.1 Å². The molecular formula is C14H20ClFN4O5S. The van der Waals surface area contributed by atoms with Crippen LogP contribution in [0.3, 0.4) is 0 Å². The molecule has 1 saturated heterocycles. The second kappa shape index (κ2) is 9.21. The van der Waals surface area contributed by atoms with Gasteiger partial charge in [-0.15, -0.1) is 12.4 Å². The van der Waals surface area contributed by atoms with E-state index in [9.17, 15) is 27.7 Å². The third-order valence-corrected chi connectivity index (χ3v) is 5.85. The quantitative estimate of drug-likeness (QED) is 0.521. The van der Waals surface area contributed by atoms with Gasteiger partial charge in [-0.1, -0.05) is 6.07 Å². The summed E-state index contributed by atoms with van der Waals surface area (Å²) in [5.41, 5.74) is 4.23. The van der Waals surface area contributed by atoms with Crippen molar-refractivity contribution in [3.63, 3.8) is 0 Å². The van der Waals surface area contributed by atoms with Crippen molar-refractivity contribution >= 4 is 34.0 Å². The number of nitrogens with zero attached hydrogens (tertiary/aromatic N) is 2. The van der Waals surface area contributed by atoms with Gasteiger partial charge in [0.15, 0.2) is 4.90 Å².